The van der Waals surface area contributed by atoms with Gasteiger partial charge in [0.05, 0.1) is 0 Å². The minimum absolute atomic E-state index is 0.0971. The van der Waals surface area contributed by atoms with Gasteiger partial charge < -0.3 is 13.3 Å². The Morgan fingerprint density at radius 3 is 2.25 bits per heavy atom. The third kappa shape index (κ3) is 6.57. The quantitative estimate of drug-likeness (QED) is 0.122. The fraction of sp³-hybridized carbons (Fsp3) is 0.667. The van der Waals surface area contributed by atoms with Gasteiger partial charge >= 0.3 is 121 Å². The molecule has 1 aromatic rings. The summed E-state index contributed by atoms with van der Waals surface area (Å²) in [6.45, 7) is 1.90. The molecule has 0 unspecified atom stereocenters. The number of ether oxygens (including phenoxy) is 2. The number of nitro groups is 1. The molecule has 0 amide bonds. The Morgan fingerprint density at radius 2 is 1.71 bits per heavy atom. The van der Waals surface area contributed by atoms with E-state index in [2.05, 4.69) is 0 Å². The maximum atomic E-state index is 11.5. The summed E-state index contributed by atoms with van der Waals surface area (Å²) in [5.41, 5.74) is 1.53. The fourth-order valence-electron chi connectivity index (χ4n) is 2.92. The summed E-state index contributed by atoms with van der Waals surface area (Å²) >= 11 is 0. The van der Waals surface area contributed by atoms with Gasteiger partial charge in [0.2, 0.25) is 0 Å². The van der Waals surface area contributed by atoms with E-state index in [4.69, 9.17) is 22.8 Å². The van der Waals surface area contributed by atoms with Gasteiger partial charge in [-0.15, -0.1) is 0 Å². The second-order valence-corrected chi connectivity index (χ2v) is 12.6. The van der Waals surface area contributed by atoms with Crippen LogP contribution in [0.4, 0.5) is 5.69 Å². The van der Waals surface area contributed by atoms with Crippen molar-refractivity contribution < 1.29 is 27.7 Å². The molecule has 0 saturated carbocycles. The molecule has 0 atom stereocenters. The van der Waals surface area contributed by atoms with Crippen molar-refractivity contribution in [1.82, 2.24) is 0 Å². The summed E-state index contributed by atoms with van der Waals surface area (Å²) in [6.07, 6.45) is 3.47. The van der Waals surface area contributed by atoms with E-state index in [1.165, 1.54) is 6.92 Å². The first-order chi connectivity index (χ1) is 13.5. The van der Waals surface area contributed by atoms with Crippen molar-refractivity contribution in [3.63, 3.8) is 0 Å². The Morgan fingerprint density at radius 1 is 1.04 bits per heavy atom. The van der Waals surface area contributed by atoms with Crippen LogP contribution in [-0.4, -0.2) is 48.8 Å². The van der Waals surface area contributed by atoms with E-state index in [1.807, 2.05) is 0 Å². The van der Waals surface area contributed by atoms with Gasteiger partial charge in [-0.25, -0.2) is 0 Å². The molecule has 155 valence electrons. The summed E-state index contributed by atoms with van der Waals surface area (Å²) in [5.74, 6) is 0.698. The number of methoxy groups -OCH3 is 1. The summed E-state index contributed by atoms with van der Waals surface area (Å²) in [7, 11) is 3.82. The van der Waals surface area contributed by atoms with Crippen LogP contribution in [-0.2, 0) is 31.0 Å². The summed E-state index contributed by atoms with van der Waals surface area (Å²) < 4.78 is 27.9. The molecular formula is C18H30NO7RfSi. The van der Waals surface area contributed by atoms with Crippen molar-refractivity contribution >= 4 is 14.5 Å². The summed E-state index contributed by atoms with van der Waals surface area (Å²) in [4.78, 5) is 11.1. The van der Waals surface area contributed by atoms with Crippen LogP contribution in [0, 0.1) is 10.1 Å². The first kappa shape index (κ1) is 23.5. The first-order valence-corrected chi connectivity index (χ1v) is 15.8. The number of unbranched alkanes of at least 4 members (excludes halogenated alkanes) is 1. The molecule has 0 aromatic heterocycles. The van der Waals surface area contributed by atoms with E-state index in [0.717, 1.165) is 31.2 Å². The second-order valence-electron chi connectivity index (χ2n) is 6.31. The van der Waals surface area contributed by atoms with Gasteiger partial charge in [0.15, 0.2) is 0 Å². The van der Waals surface area contributed by atoms with E-state index in [-0.39, 0.29) is 17.2 Å². The molecule has 28 heavy (non-hydrogen) atoms. The molecule has 0 aliphatic heterocycles. The predicted molar refractivity (Wildman–Crippen MR) is 103 cm³/mol. The fourth-order valence-corrected chi connectivity index (χ4v) is 5.85. The molecule has 0 saturated heterocycles. The standard InChI is InChI=1S/C18H30NO7Si.Rf/c1-6-9-15-12-17(19(20)21)16(13-18(15)22-2)14-26-10-7-8-11-27(23-3,24-4)25-5;/h12-13H,1,6-11,14H2,2-5H3;. The number of nitro benzene ring substituents is 1. The van der Waals surface area contributed by atoms with Gasteiger partial charge in [-0.2, -0.15) is 0 Å². The first-order valence-electron chi connectivity index (χ1n) is 9.33. The molecule has 0 fully saturated rings. The Kier molecular flexibility index (Phi) is 10.1. The van der Waals surface area contributed by atoms with Gasteiger partial charge in [-0.3, -0.25) is 0 Å². The van der Waals surface area contributed by atoms with Gasteiger partial charge in [-0.1, -0.05) is 0 Å². The number of benzene rings is 1. The van der Waals surface area contributed by atoms with Crippen molar-refractivity contribution in [3.05, 3.63) is 33.4 Å². The van der Waals surface area contributed by atoms with E-state index in [1.54, 1.807) is 40.6 Å². The monoisotopic (exact) mass is 667 g/mol. The zero-order valence-corrected chi connectivity index (χ0v) is 24.7. The van der Waals surface area contributed by atoms with E-state index < -0.39 is 8.80 Å². The average molecular weight is 668 g/mol. The molecule has 0 aliphatic carbocycles. The third-order valence-corrected chi connectivity index (χ3v) is 9.68. The van der Waals surface area contributed by atoms with Crippen LogP contribution < -0.4 is 4.74 Å². The Bertz CT molecular complexity index is 606. The Hall–Kier alpha value is -2.52. The van der Waals surface area contributed by atoms with Crippen LogP contribution in [0.25, 0.3) is 0 Å². The van der Waals surface area contributed by atoms with Crippen LogP contribution >= 0.6 is 0 Å². The number of aryl methyl sites for hydroxylation is 1. The Labute approximate surface area is 162 Å². The molecule has 0 aliphatic rings. The van der Waals surface area contributed by atoms with E-state index in [0.29, 0.717) is 24.0 Å². The molecule has 1 rings (SSSR count). The van der Waals surface area contributed by atoms with Crippen LogP contribution in [0.15, 0.2) is 12.1 Å². The molecule has 0 spiro atoms. The summed E-state index contributed by atoms with van der Waals surface area (Å²) in [5, 5.41) is 11.5. The Balaban J connectivity index is 2.64. The summed E-state index contributed by atoms with van der Waals surface area (Å²) in [6, 6.07) is 4.08. The molecule has 8 nitrogen and oxygen atoms in total. The zero-order chi connectivity index (χ0) is 21.0. The minimum atomic E-state index is -2.55. The van der Waals surface area contributed by atoms with Gasteiger partial charge in [0.25, 0.3) is 0 Å². The number of rotatable bonds is 15. The van der Waals surface area contributed by atoms with Gasteiger partial charge in [0, 0.05) is 27.4 Å². The van der Waals surface area contributed by atoms with E-state index >= 15 is 0 Å². The van der Waals surface area contributed by atoms with Crippen LogP contribution in [0.1, 0.15) is 30.4 Å². The molecule has 0 radical (unpaired) electrons. The van der Waals surface area contributed by atoms with Crippen molar-refractivity contribution in [2.24, 2.45) is 0 Å². The van der Waals surface area contributed by atoms with Gasteiger partial charge in [0.1, 0.15) is 0 Å². The molecular weight excluding hydrogens is 637 g/mol. The van der Waals surface area contributed by atoms with Crippen molar-refractivity contribution in [2.75, 3.05) is 35.0 Å². The molecule has 10 heteroatoms. The normalized spacial score (nSPS) is 11.6. The van der Waals surface area contributed by atoms with Crippen molar-refractivity contribution in [3.8, 4) is 5.75 Å². The zero-order valence-electron chi connectivity index (χ0n) is 17.3. The molecule has 0 bridgehead atoms. The van der Waals surface area contributed by atoms with Crippen molar-refractivity contribution in [2.45, 2.75) is 45.3 Å². The molecule has 1 aromatic carbocycles. The predicted octanol–water partition coefficient (Wildman–Crippen LogP) is 3.68. The number of hydrogen-bond acceptors (Lipinski definition) is 7. The number of nitrogens with zero attached hydrogens (tertiary/aromatic N) is 1. The van der Waals surface area contributed by atoms with Crippen molar-refractivity contribution in [1.29, 1.82) is 0 Å². The molecule has 0 heterocycles. The average Bonchev–Trinajstić information content (AvgIpc) is 2.72. The molecule has 0 N–H and O–H groups in total. The van der Waals surface area contributed by atoms with E-state index in [9.17, 15) is 10.1 Å². The SMILES string of the molecule is COc1cc(COCCCC[Si](OC)(OC)OC)c([N+](=O)[O-])cc1CC[CH2][Rf]. The van der Waals surface area contributed by atoms with Crippen LogP contribution in [0.2, 0.25) is 13.0 Å². The van der Waals surface area contributed by atoms with Gasteiger partial charge in [-0.05, 0) is 0 Å². The topological polar surface area (TPSA) is 89.3 Å². The maximum absolute atomic E-state index is 11.5. The second kappa shape index (κ2) is 12.0. The van der Waals surface area contributed by atoms with Crippen LogP contribution in [0.5, 0.6) is 5.75 Å². The van der Waals surface area contributed by atoms with Crippen LogP contribution in [0.3, 0.4) is 0 Å². The number of hydrogen-bond donors (Lipinski definition) is 0. The third-order valence-electron chi connectivity index (χ3n) is 4.59.